The van der Waals surface area contributed by atoms with Crippen molar-refractivity contribution in [1.82, 2.24) is 14.5 Å². The van der Waals surface area contributed by atoms with Crippen LogP contribution in [0.25, 0.3) is 0 Å². The lowest BCUT2D eigenvalue weighted by atomic mass is 9.94. The summed E-state index contributed by atoms with van der Waals surface area (Å²) in [4.78, 5) is 0.272. The molecular formula is C13H24N4O2S. The van der Waals surface area contributed by atoms with Crippen molar-refractivity contribution >= 4 is 10.0 Å². The third kappa shape index (κ3) is 2.89. The Morgan fingerprint density at radius 3 is 2.60 bits per heavy atom. The Kier molecular flexibility index (Phi) is 4.82. The van der Waals surface area contributed by atoms with Crippen LogP contribution in [0.4, 0.5) is 0 Å². The molecule has 3 N–H and O–H groups in total. The standard InChI is InChI=1S/C13H24N4O2S/c1-3-4-11-5-7-17(8-6-11)20(18,19)13-10(2)15-16-12(13)9-14/h11H,3-9,14H2,1-2H3,(H,15,16). The fourth-order valence-electron chi connectivity index (χ4n) is 2.93. The van der Waals surface area contributed by atoms with Crippen molar-refractivity contribution in [2.75, 3.05) is 13.1 Å². The van der Waals surface area contributed by atoms with Gasteiger partial charge >= 0.3 is 0 Å². The van der Waals surface area contributed by atoms with E-state index in [1.54, 1.807) is 11.2 Å². The molecule has 0 saturated carbocycles. The lowest BCUT2D eigenvalue weighted by molar-refractivity contribution is 0.262. The molecule has 0 atom stereocenters. The lowest BCUT2D eigenvalue weighted by Crippen LogP contribution is -2.39. The molecule has 20 heavy (non-hydrogen) atoms. The summed E-state index contributed by atoms with van der Waals surface area (Å²) < 4.78 is 27.0. The molecule has 7 heteroatoms. The van der Waals surface area contributed by atoms with E-state index in [4.69, 9.17) is 5.73 Å². The quantitative estimate of drug-likeness (QED) is 0.859. The molecule has 1 aliphatic rings. The van der Waals surface area contributed by atoms with E-state index in [0.29, 0.717) is 30.4 Å². The molecule has 6 nitrogen and oxygen atoms in total. The zero-order valence-electron chi connectivity index (χ0n) is 12.2. The number of aryl methyl sites for hydroxylation is 1. The van der Waals surface area contributed by atoms with Crippen LogP contribution in [-0.2, 0) is 16.6 Å². The van der Waals surface area contributed by atoms with E-state index in [9.17, 15) is 8.42 Å². The van der Waals surface area contributed by atoms with Gasteiger partial charge in [0.25, 0.3) is 0 Å². The second-order valence-corrected chi connectivity index (χ2v) is 7.34. The van der Waals surface area contributed by atoms with E-state index in [0.717, 1.165) is 19.3 Å². The van der Waals surface area contributed by atoms with Gasteiger partial charge in [-0.05, 0) is 25.7 Å². The largest absolute Gasteiger partial charge is 0.325 e. The highest BCUT2D eigenvalue weighted by Gasteiger charge is 2.33. The van der Waals surface area contributed by atoms with E-state index in [1.807, 2.05) is 0 Å². The van der Waals surface area contributed by atoms with Gasteiger partial charge in [0.2, 0.25) is 10.0 Å². The monoisotopic (exact) mass is 300 g/mol. The van der Waals surface area contributed by atoms with Crippen molar-refractivity contribution in [3.63, 3.8) is 0 Å². The third-order valence-corrected chi connectivity index (χ3v) is 6.13. The number of hydrogen-bond donors (Lipinski definition) is 2. The van der Waals surface area contributed by atoms with Crippen molar-refractivity contribution in [3.05, 3.63) is 11.4 Å². The van der Waals surface area contributed by atoms with E-state index >= 15 is 0 Å². The summed E-state index contributed by atoms with van der Waals surface area (Å²) in [6.07, 6.45) is 4.24. The number of nitrogens with zero attached hydrogens (tertiary/aromatic N) is 2. The highest BCUT2D eigenvalue weighted by molar-refractivity contribution is 7.89. The van der Waals surface area contributed by atoms with Gasteiger partial charge in [0.05, 0.1) is 11.4 Å². The fraction of sp³-hybridized carbons (Fsp3) is 0.769. The van der Waals surface area contributed by atoms with Crippen LogP contribution in [0, 0.1) is 12.8 Å². The van der Waals surface area contributed by atoms with Crippen molar-refractivity contribution in [1.29, 1.82) is 0 Å². The van der Waals surface area contributed by atoms with Crippen LogP contribution >= 0.6 is 0 Å². The second kappa shape index (κ2) is 6.24. The van der Waals surface area contributed by atoms with Crippen LogP contribution < -0.4 is 5.73 Å². The summed E-state index contributed by atoms with van der Waals surface area (Å²) >= 11 is 0. The number of aromatic amines is 1. The summed E-state index contributed by atoms with van der Waals surface area (Å²) in [5.74, 6) is 0.658. The summed E-state index contributed by atoms with van der Waals surface area (Å²) in [7, 11) is -3.47. The van der Waals surface area contributed by atoms with Gasteiger partial charge in [-0.3, -0.25) is 5.10 Å². The second-order valence-electron chi connectivity index (χ2n) is 5.46. The first-order valence-corrected chi connectivity index (χ1v) is 8.68. The molecule has 0 aliphatic carbocycles. The van der Waals surface area contributed by atoms with Gasteiger partial charge < -0.3 is 5.73 Å². The summed E-state index contributed by atoms with van der Waals surface area (Å²) in [5.41, 5.74) is 6.59. The smallest absolute Gasteiger partial charge is 0.246 e. The van der Waals surface area contributed by atoms with E-state index in [2.05, 4.69) is 17.1 Å². The minimum Gasteiger partial charge on any atom is -0.325 e. The SMILES string of the molecule is CCCC1CCN(S(=O)(=O)c2c(CN)n[nH]c2C)CC1. The Bertz CT molecular complexity index is 545. The molecule has 1 aromatic rings. The Labute approximate surface area is 120 Å². The molecule has 2 heterocycles. The maximum atomic E-state index is 12.7. The van der Waals surface area contributed by atoms with Crippen molar-refractivity contribution in [2.45, 2.75) is 51.0 Å². The van der Waals surface area contributed by atoms with Crippen molar-refractivity contribution in [3.8, 4) is 0 Å². The molecule has 0 aromatic carbocycles. The summed E-state index contributed by atoms with van der Waals surface area (Å²) in [6, 6.07) is 0. The zero-order chi connectivity index (χ0) is 14.8. The van der Waals surface area contributed by atoms with Crippen LogP contribution in [0.1, 0.15) is 44.0 Å². The minimum absolute atomic E-state index is 0.130. The first-order chi connectivity index (χ1) is 9.50. The molecule has 0 unspecified atom stereocenters. The van der Waals surface area contributed by atoms with Gasteiger partial charge in [-0.15, -0.1) is 0 Å². The van der Waals surface area contributed by atoms with Gasteiger partial charge in [0.15, 0.2) is 0 Å². The first-order valence-electron chi connectivity index (χ1n) is 7.24. The van der Waals surface area contributed by atoms with Gasteiger partial charge in [-0.25, -0.2) is 8.42 Å². The summed E-state index contributed by atoms with van der Waals surface area (Å²) in [6.45, 7) is 5.23. The van der Waals surface area contributed by atoms with Crippen LogP contribution in [0.3, 0.4) is 0 Å². The highest BCUT2D eigenvalue weighted by Crippen LogP contribution is 2.28. The van der Waals surface area contributed by atoms with Crippen molar-refractivity contribution in [2.24, 2.45) is 11.7 Å². The van der Waals surface area contributed by atoms with Crippen LogP contribution in [-0.4, -0.2) is 36.0 Å². The Balaban J connectivity index is 2.18. The van der Waals surface area contributed by atoms with Gasteiger partial charge in [-0.2, -0.15) is 9.40 Å². The number of rotatable bonds is 5. The number of nitrogens with one attached hydrogen (secondary N) is 1. The molecule has 2 rings (SSSR count). The maximum Gasteiger partial charge on any atom is 0.246 e. The Morgan fingerprint density at radius 1 is 1.40 bits per heavy atom. The number of nitrogens with two attached hydrogens (primary N) is 1. The van der Waals surface area contributed by atoms with Gasteiger partial charge in [-0.1, -0.05) is 19.8 Å². The first kappa shape index (κ1) is 15.5. The predicted octanol–water partition coefficient (Wildman–Crippen LogP) is 1.38. The molecule has 0 bridgehead atoms. The number of H-pyrrole nitrogens is 1. The van der Waals surface area contributed by atoms with E-state index in [-0.39, 0.29) is 11.4 Å². The van der Waals surface area contributed by atoms with E-state index < -0.39 is 10.0 Å². The molecule has 0 amide bonds. The average molecular weight is 300 g/mol. The van der Waals surface area contributed by atoms with Gasteiger partial charge in [0, 0.05) is 19.6 Å². The Morgan fingerprint density at radius 2 is 2.05 bits per heavy atom. The van der Waals surface area contributed by atoms with Crippen LogP contribution in [0.2, 0.25) is 0 Å². The van der Waals surface area contributed by atoms with Gasteiger partial charge in [0.1, 0.15) is 4.90 Å². The van der Waals surface area contributed by atoms with Crippen LogP contribution in [0.5, 0.6) is 0 Å². The molecule has 1 aliphatic heterocycles. The normalized spacial score (nSPS) is 18.6. The lowest BCUT2D eigenvalue weighted by Gasteiger charge is -2.31. The number of hydrogen-bond acceptors (Lipinski definition) is 4. The number of piperidine rings is 1. The molecule has 1 aromatic heterocycles. The molecule has 1 saturated heterocycles. The average Bonchev–Trinajstić information content (AvgIpc) is 2.81. The minimum atomic E-state index is -3.47. The molecule has 0 radical (unpaired) electrons. The van der Waals surface area contributed by atoms with E-state index in [1.165, 1.54) is 6.42 Å². The molecule has 1 fully saturated rings. The van der Waals surface area contributed by atoms with Crippen molar-refractivity contribution < 1.29 is 8.42 Å². The highest BCUT2D eigenvalue weighted by atomic mass is 32.2. The topological polar surface area (TPSA) is 92.1 Å². The summed E-state index contributed by atoms with van der Waals surface area (Å²) in [5, 5.41) is 6.71. The molecule has 0 spiro atoms. The predicted molar refractivity (Wildman–Crippen MR) is 77.6 cm³/mol. The van der Waals surface area contributed by atoms with Crippen LogP contribution in [0.15, 0.2) is 4.90 Å². The maximum absolute atomic E-state index is 12.7. The number of sulfonamides is 1. The number of aromatic nitrogens is 2. The zero-order valence-corrected chi connectivity index (χ0v) is 13.0. The molecule has 114 valence electrons. The molecular weight excluding hydrogens is 276 g/mol. The fourth-order valence-corrected chi connectivity index (χ4v) is 4.73. The Hall–Kier alpha value is -0.920. The third-order valence-electron chi connectivity index (χ3n) is 4.02.